The van der Waals surface area contributed by atoms with Gasteiger partial charge in [-0.1, -0.05) is 19.6 Å². The van der Waals surface area contributed by atoms with Gasteiger partial charge in [0.05, 0.1) is 33.0 Å². The Labute approximate surface area is 355 Å². The van der Waals surface area contributed by atoms with Crippen LogP contribution in [0.2, 0.25) is 25.7 Å². The van der Waals surface area contributed by atoms with Crippen LogP contribution in [0.3, 0.4) is 0 Å². The highest BCUT2D eigenvalue weighted by molar-refractivity contribution is 6.76. The van der Waals surface area contributed by atoms with Gasteiger partial charge < -0.3 is 129 Å². The Morgan fingerprint density at radius 2 is 0.645 bits per heavy atom. The topological polar surface area (TPSA) is 416 Å². The fraction of sp³-hybridized carbons (Fsp3) is 1.00. The summed E-state index contributed by atoms with van der Waals surface area (Å²) in [5, 5.41) is 170. The van der Waals surface area contributed by atoms with Crippen LogP contribution in [0.25, 0.3) is 0 Å². The van der Waals surface area contributed by atoms with Crippen molar-refractivity contribution in [2.24, 2.45) is 0 Å². The smallest absolute Gasteiger partial charge is 0.187 e. The summed E-state index contributed by atoms with van der Waals surface area (Å²) in [5.74, 6) is 0. The Kier molecular flexibility index (Phi) is 18.8. The second kappa shape index (κ2) is 22.3. The molecule has 0 spiro atoms. The fourth-order valence-electron chi connectivity index (χ4n) is 7.62. The number of hydrogen-bond donors (Lipinski definition) is 16. The highest BCUT2D eigenvalue weighted by Gasteiger charge is 2.56. The first-order valence-electron chi connectivity index (χ1n) is 20.2. The largest absolute Gasteiger partial charge is 0.394 e. The van der Waals surface area contributed by atoms with E-state index >= 15 is 0 Å². The number of hydrogen-bond acceptors (Lipinski definition) is 26. The minimum atomic E-state index is -2.13. The molecule has 16 N–H and O–H groups in total. The van der Waals surface area contributed by atoms with E-state index in [1.54, 1.807) is 0 Å². The Balaban J connectivity index is 1.27. The number of ether oxygens (including phenoxy) is 10. The van der Waals surface area contributed by atoms with E-state index < -0.39 is 195 Å². The van der Waals surface area contributed by atoms with Crippen molar-refractivity contribution in [1.82, 2.24) is 0 Å². The van der Waals surface area contributed by atoms with Crippen molar-refractivity contribution in [3.05, 3.63) is 0 Å². The van der Waals surface area contributed by atoms with Crippen LogP contribution >= 0.6 is 0 Å². The maximum absolute atomic E-state index is 11.4. The van der Waals surface area contributed by atoms with E-state index in [1.165, 1.54) is 0 Å². The maximum atomic E-state index is 11.4. The molecule has 0 amide bonds. The second-order valence-electron chi connectivity index (χ2n) is 17.1. The third-order valence-corrected chi connectivity index (χ3v) is 13.1. The molecule has 5 aliphatic rings. The average Bonchev–Trinajstić information content (AvgIpc) is 3.23. The van der Waals surface area contributed by atoms with Crippen molar-refractivity contribution in [2.45, 2.75) is 179 Å². The van der Waals surface area contributed by atoms with Gasteiger partial charge in [-0.3, -0.25) is 0 Å². The van der Waals surface area contributed by atoms with E-state index in [4.69, 9.17) is 47.4 Å². The quantitative estimate of drug-likeness (QED) is 0.0602. The van der Waals surface area contributed by atoms with Gasteiger partial charge in [0.25, 0.3) is 0 Å². The van der Waals surface area contributed by atoms with E-state index in [0.717, 1.165) is 0 Å². The molecule has 5 saturated heterocycles. The molecule has 62 heavy (non-hydrogen) atoms. The zero-order chi connectivity index (χ0) is 46.0. The van der Waals surface area contributed by atoms with Crippen LogP contribution in [0.1, 0.15) is 0 Å². The predicted octanol–water partition coefficient (Wildman–Crippen LogP) is -9.56. The lowest BCUT2D eigenvalue weighted by atomic mass is 9.95. The maximum Gasteiger partial charge on any atom is 0.187 e. The van der Waals surface area contributed by atoms with Crippen LogP contribution in [0, 0.1) is 0 Å². The van der Waals surface area contributed by atoms with Gasteiger partial charge in [-0.05, 0) is 6.04 Å². The number of aliphatic hydroxyl groups is 16. The van der Waals surface area contributed by atoms with E-state index in [0.29, 0.717) is 6.04 Å². The molecule has 0 radical (unpaired) electrons. The summed E-state index contributed by atoms with van der Waals surface area (Å²) in [4.78, 5) is 0. The molecule has 0 aromatic carbocycles. The lowest BCUT2D eigenvalue weighted by molar-refractivity contribution is -0.394. The van der Waals surface area contributed by atoms with Crippen LogP contribution in [0.15, 0.2) is 0 Å². The molecule has 0 bridgehead atoms. The summed E-state index contributed by atoms with van der Waals surface area (Å²) in [6.45, 7) is 2.06. The fourth-order valence-corrected chi connectivity index (χ4v) is 8.35. The summed E-state index contributed by atoms with van der Waals surface area (Å²) in [7, 11) is -1.55. The number of aliphatic hydroxyl groups excluding tert-OH is 16. The van der Waals surface area contributed by atoms with Crippen molar-refractivity contribution >= 4 is 8.07 Å². The molecule has 0 aromatic rings. The van der Waals surface area contributed by atoms with E-state index in [9.17, 15) is 81.7 Å². The van der Waals surface area contributed by atoms with Gasteiger partial charge in [0.15, 0.2) is 31.5 Å². The van der Waals surface area contributed by atoms with Gasteiger partial charge in [-0.2, -0.15) is 0 Å². The molecule has 25 atom stereocenters. The van der Waals surface area contributed by atoms with Crippen molar-refractivity contribution < 1.29 is 129 Å². The van der Waals surface area contributed by atoms with Gasteiger partial charge >= 0.3 is 0 Å². The van der Waals surface area contributed by atoms with Crippen molar-refractivity contribution in [3.8, 4) is 0 Å². The van der Waals surface area contributed by atoms with Gasteiger partial charge in [0.2, 0.25) is 0 Å². The molecule has 5 fully saturated rings. The molecule has 0 unspecified atom stereocenters. The molecule has 27 heteroatoms. The second-order valence-corrected chi connectivity index (χ2v) is 22.7. The molecular weight excluding hydrogens is 864 g/mol. The van der Waals surface area contributed by atoms with Crippen LogP contribution in [-0.4, -0.2) is 283 Å². The molecule has 0 aromatic heterocycles. The third-order valence-electron chi connectivity index (χ3n) is 11.4. The molecule has 5 heterocycles. The first-order valence-corrected chi connectivity index (χ1v) is 24.0. The lowest BCUT2D eigenvalue weighted by Gasteiger charge is -2.49. The highest BCUT2D eigenvalue weighted by atomic mass is 28.3. The normalized spacial score (nSPS) is 49.5. The molecular formula is C35H64O26Si. The van der Waals surface area contributed by atoms with Gasteiger partial charge in [0, 0.05) is 14.7 Å². The Bertz CT molecular complexity index is 1350. The van der Waals surface area contributed by atoms with Crippen LogP contribution < -0.4 is 0 Å². The van der Waals surface area contributed by atoms with Crippen LogP contribution in [-0.2, 0) is 47.4 Å². The van der Waals surface area contributed by atoms with Crippen molar-refractivity contribution in [2.75, 3.05) is 39.6 Å². The number of rotatable bonds is 17. The van der Waals surface area contributed by atoms with E-state index in [1.807, 2.05) is 0 Å². The van der Waals surface area contributed by atoms with Crippen LogP contribution in [0.5, 0.6) is 0 Å². The third kappa shape index (κ3) is 11.5. The SMILES string of the molecule is C[Si](C)(C)CCO[C@@H]1O[C@H](CO)[C@@H](O[C@@H]2O[C@H](CO)[C@H](O[C@H]3O[C@H](CO)[C@H](O)[C@H](O[C@@H]4O[C@H](CO)[C@H](O)[C@H](O[C@H]5O[C@H](CO)[C@H](O)[C@H](O)[C@H]5O)[C@H]4O)[C@H]3O)[C@H](O)[C@H]2O)[C@H](O)[C@H]1O. The van der Waals surface area contributed by atoms with Crippen molar-refractivity contribution in [1.29, 1.82) is 0 Å². The van der Waals surface area contributed by atoms with E-state index in [2.05, 4.69) is 19.6 Å². The lowest BCUT2D eigenvalue weighted by Crippen LogP contribution is -2.68. The monoisotopic (exact) mass is 928 g/mol. The summed E-state index contributed by atoms with van der Waals surface area (Å²) in [6.07, 6.45) is -45.3. The molecule has 0 saturated carbocycles. The first kappa shape index (κ1) is 52.2. The molecule has 5 aliphatic heterocycles. The predicted molar refractivity (Wildman–Crippen MR) is 198 cm³/mol. The first-order chi connectivity index (χ1) is 29.2. The molecule has 5 rings (SSSR count). The standard InChI is InChI=1S/C35H64O26Si/c1-62(2,3)5-4-52-31-23(48)20(45)27(14(9-39)56-31)58-33-24(49)21(46)28(15(10-40)57-33)59-34-25(50)30(18(43)12(7-37)54-34)61-35-26(51)29(17(42)13(8-38)55-35)60-32-22(47)19(44)16(41)11(6-36)53-32/h11-51H,4-10H2,1-3H3/t11-,12-,13-,14-,15-,16+,17+,18+,19+,20-,21-,22-,23-,24-,25-,26-,27-,28+,29+,30+,31-,32-,33+,34-,35+/m1/s1. The molecule has 364 valence electrons. The minimum Gasteiger partial charge on any atom is -0.394 e. The average molecular weight is 929 g/mol. The summed E-state index contributed by atoms with van der Waals surface area (Å²) in [5.41, 5.74) is 0. The molecule has 26 nitrogen and oxygen atoms in total. The summed E-state index contributed by atoms with van der Waals surface area (Å²) >= 11 is 0. The highest BCUT2D eigenvalue weighted by Crippen LogP contribution is 2.36. The minimum absolute atomic E-state index is 0.197. The Morgan fingerprint density at radius 3 is 1.03 bits per heavy atom. The summed E-state index contributed by atoms with van der Waals surface area (Å²) < 4.78 is 56.1. The van der Waals surface area contributed by atoms with E-state index in [-0.39, 0.29) is 6.61 Å². The van der Waals surface area contributed by atoms with Gasteiger partial charge in [-0.15, -0.1) is 0 Å². The molecule has 0 aliphatic carbocycles. The van der Waals surface area contributed by atoms with Gasteiger partial charge in [-0.25, -0.2) is 0 Å². The Morgan fingerprint density at radius 1 is 0.339 bits per heavy atom. The zero-order valence-corrected chi connectivity index (χ0v) is 35.1. The summed E-state index contributed by atoms with van der Waals surface area (Å²) in [6, 6.07) is 0.699. The van der Waals surface area contributed by atoms with Crippen molar-refractivity contribution in [3.63, 3.8) is 0 Å². The zero-order valence-electron chi connectivity index (χ0n) is 34.1. The Hall–Kier alpha value is -0.823. The van der Waals surface area contributed by atoms with Gasteiger partial charge in [0.1, 0.15) is 122 Å². The van der Waals surface area contributed by atoms with Crippen LogP contribution in [0.4, 0.5) is 0 Å².